The number of likely N-dealkylation sites (N-methyl/N-ethyl adjacent to an activating group) is 1. The Kier molecular flexibility index (Phi) is 5.65. The fourth-order valence-electron chi connectivity index (χ4n) is 3.05. The molecule has 144 valence electrons. The second-order valence-corrected chi connectivity index (χ2v) is 9.40. The van der Waals surface area contributed by atoms with E-state index in [4.69, 9.17) is 4.74 Å². The summed E-state index contributed by atoms with van der Waals surface area (Å²) < 4.78 is 34.8. The molecule has 1 heterocycles. The van der Waals surface area contributed by atoms with E-state index >= 15 is 0 Å². The molecule has 0 bridgehead atoms. The van der Waals surface area contributed by atoms with Crippen molar-refractivity contribution in [3.63, 3.8) is 0 Å². The van der Waals surface area contributed by atoms with Gasteiger partial charge in [0.2, 0.25) is 0 Å². The van der Waals surface area contributed by atoms with Gasteiger partial charge in [0.15, 0.2) is 0 Å². The molecule has 3 rings (SSSR count). The SMILES string of the molecule is Cc1ccc(S(=O)(=O)n2c(C)c(OCCN(C)C)c3ccccc32)c(Br)c1. The molecule has 0 aliphatic heterocycles. The number of aromatic nitrogens is 1. The van der Waals surface area contributed by atoms with E-state index in [1.807, 2.05) is 50.2 Å². The van der Waals surface area contributed by atoms with Crippen molar-refractivity contribution in [2.24, 2.45) is 0 Å². The first kappa shape index (κ1) is 19.9. The molecule has 2 aromatic carbocycles. The van der Waals surface area contributed by atoms with E-state index in [2.05, 4.69) is 15.9 Å². The molecule has 0 unspecified atom stereocenters. The average molecular weight is 451 g/mol. The highest BCUT2D eigenvalue weighted by Crippen LogP contribution is 2.37. The van der Waals surface area contributed by atoms with E-state index in [0.717, 1.165) is 17.5 Å². The number of ether oxygens (including phenoxy) is 1. The van der Waals surface area contributed by atoms with Crippen molar-refractivity contribution in [2.75, 3.05) is 27.2 Å². The van der Waals surface area contributed by atoms with Crippen LogP contribution in [-0.4, -0.2) is 44.5 Å². The van der Waals surface area contributed by atoms with Crippen LogP contribution in [0.15, 0.2) is 51.8 Å². The van der Waals surface area contributed by atoms with Crippen molar-refractivity contribution in [2.45, 2.75) is 18.7 Å². The molecule has 0 aliphatic rings. The number of benzene rings is 2. The van der Waals surface area contributed by atoms with Crippen molar-refractivity contribution < 1.29 is 13.2 Å². The molecule has 5 nitrogen and oxygen atoms in total. The van der Waals surface area contributed by atoms with Crippen molar-refractivity contribution in [3.05, 3.63) is 58.2 Å². The van der Waals surface area contributed by atoms with Crippen LogP contribution >= 0.6 is 15.9 Å². The van der Waals surface area contributed by atoms with Gasteiger partial charge in [-0.25, -0.2) is 12.4 Å². The molecule has 27 heavy (non-hydrogen) atoms. The Bertz CT molecular complexity index is 1090. The molecule has 0 atom stereocenters. The van der Waals surface area contributed by atoms with E-state index in [-0.39, 0.29) is 4.90 Å². The zero-order valence-electron chi connectivity index (χ0n) is 15.9. The Morgan fingerprint density at radius 2 is 1.81 bits per heavy atom. The Morgan fingerprint density at radius 1 is 1.11 bits per heavy atom. The van der Waals surface area contributed by atoms with Gasteiger partial charge in [-0.1, -0.05) is 18.2 Å². The van der Waals surface area contributed by atoms with E-state index < -0.39 is 10.0 Å². The minimum Gasteiger partial charge on any atom is -0.490 e. The fourth-order valence-corrected chi connectivity index (χ4v) is 5.76. The first-order valence-corrected chi connectivity index (χ1v) is 10.9. The molecule has 0 saturated carbocycles. The van der Waals surface area contributed by atoms with Gasteiger partial charge in [-0.3, -0.25) is 0 Å². The molecule has 7 heteroatoms. The molecule has 0 aliphatic carbocycles. The molecule has 0 radical (unpaired) electrons. The van der Waals surface area contributed by atoms with Crippen LogP contribution in [0.2, 0.25) is 0 Å². The molecule has 3 aromatic rings. The first-order chi connectivity index (χ1) is 12.7. The third-order valence-corrected chi connectivity index (χ3v) is 7.17. The summed E-state index contributed by atoms with van der Waals surface area (Å²) >= 11 is 3.40. The molecular weight excluding hydrogens is 428 g/mol. The highest BCUT2D eigenvalue weighted by molar-refractivity contribution is 9.10. The van der Waals surface area contributed by atoms with Gasteiger partial charge in [-0.2, -0.15) is 0 Å². The normalized spacial score (nSPS) is 12.1. The van der Waals surface area contributed by atoms with Gasteiger partial charge in [-0.15, -0.1) is 0 Å². The lowest BCUT2D eigenvalue weighted by Crippen LogP contribution is -2.20. The van der Waals surface area contributed by atoms with Crippen LogP contribution in [0.5, 0.6) is 5.75 Å². The molecule has 0 fully saturated rings. The number of hydrogen-bond donors (Lipinski definition) is 0. The first-order valence-electron chi connectivity index (χ1n) is 8.63. The second kappa shape index (κ2) is 7.66. The van der Waals surface area contributed by atoms with Crippen molar-refractivity contribution >= 4 is 36.9 Å². The van der Waals surface area contributed by atoms with Crippen LogP contribution in [0.3, 0.4) is 0 Å². The topological polar surface area (TPSA) is 51.5 Å². The summed E-state index contributed by atoms with van der Waals surface area (Å²) in [5.41, 5.74) is 2.17. The van der Waals surface area contributed by atoms with Gasteiger partial charge in [0.1, 0.15) is 17.3 Å². The minimum absolute atomic E-state index is 0.233. The highest BCUT2D eigenvalue weighted by Gasteiger charge is 2.27. The van der Waals surface area contributed by atoms with Crippen molar-refractivity contribution in [1.29, 1.82) is 0 Å². The lowest BCUT2D eigenvalue weighted by Gasteiger charge is -2.13. The number of nitrogens with zero attached hydrogens (tertiary/aromatic N) is 2. The Balaban J connectivity index is 2.18. The smallest absolute Gasteiger partial charge is 0.269 e. The zero-order valence-corrected chi connectivity index (χ0v) is 18.3. The van der Waals surface area contributed by atoms with Crippen molar-refractivity contribution in [3.8, 4) is 5.75 Å². The standard InChI is InChI=1S/C20H23BrN2O3S/c1-14-9-10-19(17(21)13-14)27(24,25)23-15(2)20(26-12-11-22(3)4)16-7-5-6-8-18(16)23/h5-10,13H,11-12H2,1-4H3. The molecule has 0 N–H and O–H groups in total. The van der Waals surface area contributed by atoms with E-state index in [0.29, 0.717) is 28.0 Å². The summed E-state index contributed by atoms with van der Waals surface area (Å²) in [4.78, 5) is 2.26. The second-order valence-electron chi connectivity index (χ2n) is 6.79. The largest absolute Gasteiger partial charge is 0.490 e. The van der Waals surface area contributed by atoms with Gasteiger partial charge in [0.05, 0.1) is 11.2 Å². The zero-order chi connectivity index (χ0) is 19.8. The lowest BCUT2D eigenvalue weighted by molar-refractivity contribution is 0.262. The van der Waals surface area contributed by atoms with E-state index in [1.54, 1.807) is 25.1 Å². The van der Waals surface area contributed by atoms with Crippen LogP contribution in [0.4, 0.5) is 0 Å². The number of halogens is 1. The number of aryl methyl sites for hydroxylation is 1. The van der Waals surface area contributed by atoms with Crippen LogP contribution in [0, 0.1) is 13.8 Å². The Morgan fingerprint density at radius 3 is 2.48 bits per heavy atom. The van der Waals surface area contributed by atoms with Gasteiger partial charge in [-0.05, 0) is 73.7 Å². The average Bonchev–Trinajstić information content (AvgIpc) is 2.87. The maximum atomic E-state index is 13.5. The van der Waals surface area contributed by atoms with Gasteiger partial charge in [0, 0.05) is 16.4 Å². The van der Waals surface area contributed by atoms with E-state index in [9.17, 15) is 8.42 Å². The predicted molar refractivity (Wildman–Crippen MR) is 112 cm³/mol. The summed E-state index contributed by atoms with van der Waals surface area (Å²) in [5.74, 6) is 0.610. The molecule has 1 aromatic heterocycles. The Labute approximate surface area is 168 Å². The van der Waals surface area contributed by atoms with Gasteiger partial charge < -0.3 is 9.64 Å². The summed E-state index contributed by atoms with van der Waals surface area (Å²) in [5, 5.41) is 0.792. The summed E-state index contributed by atoms with van der Waals surface area (Å²) in [6.45, 7) is 4.93. The number of rotatable bonds is 6. The monoisotopic (exact) mass is 450 g/mol. The fraction of sp³-hybridized carbons (Fsp3) is 0.300. The van der Waals surface area contributed by atoms with Crippen LogP contribution in [0.1, 0.15) is 11.3 Å². The predicted octanol–water partition coefficient (Wildman–Crippen LogP) is 4.20. The third-order valence-electron chi connectivity index (χ3n) is 4.39. The molecular formula is C20H23BrN2O3S. The maximum Gasteiger partial charge on any atom is 0.269 e. The number of hydrogen-bond acceptors (Lipinski definition) is 4. The molecule has 0 saturated heterocycles. The van der Waals surface area contributed by atoms with Gasteiger partial charge in [0.25, 0.3) is 10.0 Å². The third kappa shape index (κ3) is 3.77. The van der Waals surface area contributed by atoms with Crippen LogP contribution in [-0.2, 0) is 10.0 Å². The number of para-hydroxylation sites is 1. The van der Waals surface area contributed by atoms with Crippen LogP contribution in [0.25, 0.3) is 10.9 Å². The summed E-state index contributed by atoms with van der Waals surface area (Å²) in [7, 11) is 0.157. The van der Waals surface area contributed by atoms with Crippen LogP contribution < -0.4 is 4.74 Å². The van der Waals surface area contributed by atoms with E-state index in [1.165, 1.54) is 3.97 Å². The van der Waals surface area contributed by atoms with Crippen molar-refractivity contribution in [1.82, 2.24) is 8.87 Å². The Hall–Kier alpha value is -1.83. The maximum absolute atomic E-state index is 13.5. The summed E-state index contributed by atoms with van der Waals surface area (Å²) in [6, 6.07) is 12.7. The minimum atomic E-state index is -3.78. The molecule has 0 amide bonds. The summed E-state index contributed by atoms with van der Waals surface area (Å²) in [6.07, 6.45) is 0. The van der Waals surface area contributed by atoms with Gasteiger partial charge >= 0.3 is 0 Å². The number of fused-ring (bicyclic) bond motifs is 1. The molecule has 0 spiro atoms. The lowest BCUT2D eigenvalue weighted by atomic mass is 10.2. The highest BCUT2D eigenvalue weighted by atomic mass is 79.9. The quantitative estimate of drug-likeness (QED) is 0.564.